The third kappa shape index (κ3) is 9.94. The van der Waals surface area contributed by atoms with Gasteiger partial charge in [0.25, 0.3) is 11.8 Å². The molecule has 3 N–H and O–H groups in total. The molecule has 0 aliphatic heterocycles. The van der Waals surface area contributed by atoms with Crippen LogP contribution in [-0.4, -0.2) is 39.1 Å². The molecule has 54 heavy (non-hydrogen) atoms. The number of anilines is 2. The van der Waals surface area contributed by atoms with E-state index in [-0.39, 0.29) is 16.4 Å². The molecule has 0 heterocycles. The first-order chi connectivity index (χ1) is 25.9. The fraction of sp³-hybridized carbons (Fsp3) is 0.125. The molecule has 0 bridgehead atoms. The quantitative estimate of drug-likeness (QED) is 0.0807. The van der Waals surface area contributed by atoms with Crippen LogP contribution in [0.4, 0.5) is 24.5 Å². The van der Waals surface area contributed by atoms with Gasteiger partial charge in [0.2, 0.25) is 5.91 Å². The third-order valence-corrected chi connectivity index (χ3v) is 9.42. The fourth-order valence-electron chi connectivity index (χ4n) is 5.11. The number of rotatable bonds is 13. The first-order valence-corrected chi connectivity index (χ1v) is 17.3. The molecule has 3 amide bonds. The normalized spacial score (nSPS) is 11.9. The summed E-state index contributed by atoms with van der Waals surface area (Å²) in [5, 5.41) is 7.08. The number of carbonyl (C=O) groups excluding carboxylic acids is 3. The summed E-state index contributed by atoms with van der Waals surface area (Å²) in [5.41, 5.74) is 0.451. The van der Waals surface area contributed by atoms with Crippen molar-refractivity contribution in [2.45, 2.75) is 16.3 Å². The van der Waals surface area contributed by atoms with Crippen LogP contribution in [0.1, 0.15) is 32.3 Å². The summed E-state index contributed by atoms with van der Waals surface area (Å²) in [6, 6.07) is 29.5. The van der Waals surface area contributed by atoms with Crippen molar-refractivity contribution >= 4 is 58.5 Å². The second-order valence-corrected chi connectivity index (χ2v) is 13.0. The number of thioether (sulfide) groups is 1. The van der Waals surface area contributed by atoms with Crippen LogP contribution >= 0.6 is 23.4 Å². The molecule has 9 nitrogen and oxygen atoms in total. The Bertz CT molecular complexity index is 2150. The Balaban J connectivity index is 1.39. The Labute approximate surface area is 318 Å². The minimum Gasteiger partial charge on any atom is -0.496 e. The highest BCUT2D eigenvalue weighted by Crippen LogP contribution is 2.39. The Morgan fingerprint density at radius 3 is 1.96 bits per heavy atom. The fourth-order valence-corrected chi connectivity index (χ4v) is 6.30. The smallest absolute Gasteiger partial charge is 0.416 e. The average Bonchev–Trinajstić information content (AvgIpc) is 3.18. The highest BCUT2D eigenvalue weighted by Gasteiger charge is 2.32. The van der Waals surface area contributed by atoms with Crippen LogP contribution in [-0.2, 0) is 15.8 Å². The molecule has 0 fully saturated rings. The molecule has 5 rings (SSSR count). The van der Waals surface area contributed by atoms with Gasteiger partial charge in [-0.15, -0.1) is 11.8 Å². The van der Waals surface area contributed by atoms with E-state index in [1.165, 1.54) is 27.4 Å². The molecule has 0 radical (unpaired) electrons. The number of hydrogen-bond donors (Lipinski definition) is 3. The monoisotopic (exact) mass is 775 g/mol. The standard InChI is InChI=1S/C40H33ClF3N3O6S/c1-51-33-23-35(53-3)34(52-2)21-26(33)20-32(47-37(48)25-12-8-5-9-13-25)38(49)45-28-15-17-29(18-16-28)54-36(24-10-6-4-7-11-24)39(50)46-31-22-27(40(42,43)44)14-19-30(31)41/h4-23,36H,1-3H3,(H,45,49)(H,46,50)(H,47,48)/b32-20-. The van der Waals surface area contributed by atoms with Crippen LogP contribution in [0.5, 0.6) is 17.2 Å². The summed E-state index contributed by atoms with van der Waals surface area (Å²) in [7, 11) is 4.39. The molecule has 0 saturated heterocycles. The molecule has 278 valence electrons. The van der Waals surface area contributed by atoms with Gasteiger partial charge >= 0.3 is 6.18 Å². The minimum atomic E-state index is -4.63. The summed E-state index contributed by atoms with van der Waals surface area (Å²) in [6.45, 7) is 0. The lowest BCUT2D eigenvalue weighted by molar-refractivity contribution is -0.137. The van der Waals surface area contributed by atoms with E-state index in [2.05, 4.69) is 16.0 Å². The number of benzene rings is 5. The van der Waals surface area contributed by atoms with Crippen molar-refractivity contribution in [3.8, 4) is 17.2 Å². The maximum Gasteiger partial charge on any atom is 0.416 e. The molecule has 1 unspecified atom stereocenters. The van der Waals surface area contributed by atoms with Gasteiger partial charge in [-0.3, -0.25) is 14.4 Å². The second-order valence-electron chi connectivity index (χ2n) is 11.4. The van der Waals surface area contributed by atoms with Gasteiger partial charge in [-0.25, -0.2) is 0 Å². The summed E-state index contributed by atoms with van der Waals surface area (Å²) in [6.07, 6.45) is -3.18. The molecular weight excluding hydrogens is 743 g/mol. The van der Waals surface area contributed by atoms with E-state index in [0.29, 0.717) is 44.5 Å². The summed E-state index contributed by atoms with van der Waals surface area (Å²) in [5.74, 6) is -0.668. The summed E-state index contributed by atoms with van der Waals surface area (Å²) in [4.78, 5) is 41.1. The molecule has 14 heteroatoms. The number of nitrogens with one attached hydrogen (secondary N) is 3. The molecule has 0 spiro atoms. The molecular formula is C40H33ClF3N3O6S. The van der Waals surface area contributed by atoms with Gasteiger partial charge in [-0.2, -0.15) is 13.2 Å². The number of carbonyl (C=O) groups is 3. The van der Waals surface area contributed by atoms with Gasteiger partial charge in [0.05, 0.1) is 37.6 Å². The Morgan fingerprint density at radius 1 is 0.741 bits per heavy atom. The van der Waals surface area contributed by atoms with Crippen molar-refractivity contribution in [2.24, 2.45) is 0 Å². The molecule has 0 saturated carbocycles. The van der Waals surface area contributed by atoms with Crippen LogP contribution in [0.2, 0.25) is 5.02 Å². The molecule has 5 aromatic rings. The maximum atomic E-state index is 13.8. The van der Waals surface area contributed by atoms with Crippen LogP contribution in [0.15, 0.2) is 126 Å². The van der Waals surface area contributed by atoms with Crippen molar-refractivity contribution in [1.82, 2.24) is 5.32 Å². The SMILES string of the molecule is COc1cc(OC)c(OC)cc1/C=C(\NC(=O)c1ccccc1)C(=O)Nc1ccc(SC(C(=O)Nc2cc(C(F)(F)F)ccc2Cl)c2ccccc2)cc1. The van der Waals surface area contributed by atoms with E-state index in [4.69, 9.17) is 25.8 Å². The van der Waals surface area contributed by atoms with Crippen molar-refractivity contribution in [2.75, 3.05) is 32.0 Å². The minimum absolute atomic E-state index is 0.0498. The summed E-state index contributed by atoms with van der Waals surface area (Å²) >= 11 is 7.30. The van der Waals surface area contributed by atoms with Gasteiger partial charge < -0.3 is 30.2 Å². The number of hydrogen-bond acceptors (Lipinski definition) is 7. The van der Waals surface area contributed by atoms with Crippen molar-refractivity contribution in [1.29, 1.82) is 0 Å². The zero-order valence-electron chi connectivity index (χ0n) is 29.0. The second kappa shape index (κ2) is 17.7. The maximum absolute atomic E-state index is 13.8. The predicted octanol–water partition coefficient (Wildman–Crippen LogP) is 9.27. The van der Waals surface area contributed by atoms with E-state index in [1.54, 1.807) is 97.1 Å². The lowest BCUT2D eigenvalue weighted by atomic mass is 10.1. The van der Waals surface area contributed by atoms with Crippen molar-refractivity contribution in [3.05, 3.63) is 148 Å². The first kappa shape index (κ1) is 39.3. The topological polar surface area (TPSA) is 115 Å². The average molecular weight is 776 g/mol. The first-order valence-electron chi connectivity index (χ1n) is 16.1. The zero-order valence-corrected chi connectivity index (χ0v) is 30.6. The van der Waals surface area contributed by atoms with Gasteiger partial charge in [-0.05, 0) is 72.3 Å². The molecule has 0 aliphatic carbocycles. The van der Waals surface area contributed by atoms with Crippen molar-refractivity contribution in [3.63, 3.8) is 0 Å². The van der Waals surface area contributed by atoms with Crippen LogP contribution in [0.25, 0.3) is 6.08 Å². The van der Waals surface area contributed by atoms with Crippen molar-refractivity contribution < 1.29 is 41.8 Å². The van der Waals surface area contributed by atoms with Crippen LogP contribution in [0, 0.1) is 0 Å². The number of ether oxygens (including phenoxy) is 3. The Hall–Kier alpha value is -5.92. The van der Waals surface area contributed by atoms with E-state index in [9.17, 15) is 27.6 Å². The lowest BCUT2D eigenvalue weighted by Gasteiger charge is -2.19. The molecule has 5 aromatic carbocycles. The zero-order chi connectivity index (χ0) is 38.8. The van der Waals surface area contributed by atoms with Crippen LogP contribution in [0.3, 0.4) is 0 Å². The number of methoxy groups -OCH3 is 3. The molecule has 0 aliphatic rings. The highest BCUT2D eigenvalue weighted by molar-refractivity contribution is 8.00. The highest BCUT2D eigenvalue weighted by atomic mass is 35.5. The van der Waals surface area contributed by atoms with E-state index in [0.717, 1.165) is 30.0 Å². The van der Waals surface area contributed by atoms with Gasteiger partial charge in [0.15, 0.2) is 11.5 Å². The van der Waals surface area contributed by atoms with Crippen LogP contribution < -0.4 is 30.2 Å². The van der Waals surface area contributed by atoms with Gasteiger partial charge in [-0.1, -0.05) is 60.1 Å². The van der Waals surface area contributed by atoms with Gasteiger partial charge in [0, 0.05) is 27.8 Å². The molecule has 1 atom stereocenters. The predicted molar refractivity (Wildman–Crippen MR) is 203 cm³/mol. The van der Waals surface area contributed by atoms with E-state index >= 15 is 0 Å². The van der Waals surface area contributed by atoms with E-state index < -0.39 is 34.7 Å². The number of alkyl halides is 3. The largest absolute Gasteiger partial charge is 0.496 e. The summed E-state index contributed by atoms with van der Waals surface area (Å²) < 4.78 is 56.5. The number of amides is 3. The Kier molecular flexibility index (Phi) is 12.9. The number of halogens is 4. The third-order valence-electron chi connectivity index (χ3n) is 7.82. The molecule has 0 aromatic heterocycles. The Morgan fingerprint density at radius 2 is 1.35 bits per heavy atom. The van der Waals surface area contributed by atoms with Gasteiger partial charge in [0.1, 0.15) is 16.7 Å². The lowest BCUT2D eigenvalue weighted by Crippen LogP contribution is -2.30. The van der Waals surface area contributed by atoms with E-state index in [1.807, 2.05) is 0 Å².